The number of carbonyl (C=O) groups is 1. The van der Waals surface area contributed by atoms with Gasteiger partial charge in [0, 0.05) is 6.04 Å². The van der Waals surface area contributed by atoms with E-state index in [2.05, 4.69) is 19.6 Å². The standard InChI is InChI=1S/C12H18O2Si/c1-15(2,3)10-12(13)14-9-11-7-5-4-6-8-11/h4-8H,9-10H2,1-3H3. The maximum Gasteiger partial charge on any atom is 0.303 e. The van der Waals surface area contributed by atoms with Crippen LogP contribution in [0.4, 0.5) is 0 Å². The SMILES string of the molecule is C[Si](C)(C)CC(=O)OCc1ccccc1. The van der Waals surface area contributed by atoms with Gasteiger partial charge in [0.1, 0.15) is 6.61 Å². The molecule has 0 radical (unpaired) electrons. The van der Waals surface area contributed by atoms with E-state index >= 15 is 0 Å². The minimum absolute atomic E-state index is 0.0713. The average Bonchev–Trinajstić information content (AvgIpc) is 2.14. The average molecular weight is 222 g/mol. The fraction of sp³-hybridized carbons (Fsp3) is 0.417. The molecule has 1 rings (SSSR count). The van der Waals surface area contributed by atoms with Gasteiger partial charge in [-0.25, -0.2) is 0 Å². The normalized spacial score (nSPS) is 11.1. The second kappa shape index (κ2) is 5.12. The first-order valence-corrected chi connectivity index (χ1v) is 8.88. The maximum absolute atomic E-state index is 11.4. The molecule has 15 heavy (non-hydrogen) atoms. The summed E-state index contributed by atoms with van der Waals surface area (Å²) in [6.07, 6.45) is 0. The highest BCUT2D eigenvalue weighted by Crippen LogP contribution is 2.10. The molecule has 0 saturated heterocycles. The summed E-state index contributed by atoms with van der Waals surface area (Å²) >= 11 is 0. The molecule has 0 atom stereocenters. The highest BCUT2D eigenvalue weighted by Gasteiger charge is 2.18. The van der Waals surface area contributed by atoms with Crippen molar-refractivity contribution in [3.05, 3.63) is 35.9 Å². The van der Waals surface area contributed by atoms with Gasteiger partial charge in [0.25, 0.3) is 0 Å². The van der Waals surface area contributed by atoms with Crippen LogP contribution in [0.15, 0.2) is 30.3 Å². The second-order valence-electron chi connectivity index (χ2n) is 4.88. The first-order chi connectivity index (χ1) is 6.97. The molecule has 0 fully saturated rings. The summed E-state index contributed by atoms with van der Waals surface area (Å²) in [5.74, 6) is -0.0713. The Kier molecular flexibility index (Phi) is 4.09. The van der Waals surface area contributed by atoms with Crippen LogP contribution in [0.3, 0.4) is 0 Å². The number of ether oxygens (including phenoxy) is 1. The maximum atomic E-state index is 11.4. The Morgan fingerprint density at radius 1 is 1.20 bits per heavy atom. The van der Waals surface area contributed by atoms with E-state index in [0.29, 0.717) is 12.7 Å². The van der Waals surface area contributed by atoms with Crippen LogP contribution in [0.2, 0.25) is 25.7 Å². The molecule has 1 aromatic carbocycles. The summed E-state index contributed by atoms with van der Waals surface area (Å²) in [5, 5.41) is 0. The Morgan fingerprint density at radius 3 is 2.33 bits per heavy atom. The lowest BCUT2D eigenvalue weighted by atomic mass is 10.2. The van der Waals surface area contributed by atoms with Gasteiger partial charge in [-0.15, -0.1) is 0 Å². The molecule has 0 aliphatic heterocycles. The van der Waals surface area contributed by atoms with Gasteiger partial charge in [-0.1, -0.05) is 50.0 Å². The van der Waals surface area contributed by atoms with Crippen LogP contribution in [0.5, 0.6) is 0 Å². The van der Waals surface area contributed by atoms with E-state index in [1.165, 1.54) is 0 Å². The largest absolute Gasteiger partial charge is 0.461 e. The van der Waals surface area contributed by atoms with Crippen LogP contribution in [0.25, 0.3) is 0 Å². The summed E-state index contributed by atoms with van der Waals surface area (Å²) in [6, 6.07) is 10.4. The van der Waals surface area contributed by atoms with Crippen molar-refractivity contribution in [2.75, 3.05) is 0 Å². The van der Waals surface area contributed by atoms with Crippen LogP contribution in [-0.2, 0) is 16.1 Å². The van der Waals surface area contributed by atoms with Crippen molar-refractivity contribution in [2.45, 2.75) is 32.3 Å². The zero-order chi connectivity index (χ0) is 11.3. The van der Waals surface area contributed by atoms with Crippen LogP contribution in [-0.4, -0.2) is 14.0 Å². The number of esters is 1. The molecule has 0 unspecified atom stereocenters. The van der Waals surface area contributed by atoms with Gasteiger partial charge in [0.05, 0.1) is 8.07 Å². The molecular formula is C12H18O2Si. The molecule has 1 aromatic rings. The molecule has 2 nitrogen and oxygen atoms in total. The number of carbonyl (C=O) groups excluding carboxylic acids is 1. The Morgan fingerprint density at radius 2 is 1.80 bits per heavy atom. The zero-order valence-electron chi connectivity index (χ0n) is 9.62. The first kappa shape index (κ1) is 12.0. The zero-order valence-corrected chi connectivity index (χ0v) is 10.6. The summed E-state index contributed by atoms with van der Waals surface area (Å²) < 4.78 is 5.20. The van der Waals surface area contributed by atoms with Crippen molar-refractivity contribution >= 4 is 14.0 Å². The molecule has 0 amide bonds. The first-order valence-electron chi connectivity index (χ1n) is 5.17. The van der Waals surface area contributed by atoms with Crippen molar-refractivity contribution in [3.8, 4) is 0 Å². The van der Waals surface area contributed by atoms with E-state index in [-0.39, 0.29) is 5.97 Å². The molecule has 0 heterocycles. The summed E-state index contributed by atoms with van der Waals surface area (Å²) in [6.45, 7) is 6.88. The van der Waals surface area contributed by atoms with Gasteiger partial charge >= 0.3 is 5.97 Å². The molecule has 82 valence electrons. The lowest BCUT2D eigenvalue weighted by molar-refractivity contribution is -0.142. The van der Waals surface area contributed by atoms with Gasteiger partial charge in [-0.05, 0) is 5.56 Å². The van der Waals surface area contributed by atoms with Gasteiger partial charge < -0.3 is 4.74 Å². The molecule has 0 aliphatic carbocycles. The predicted octanol–water partition coefficient (Wildman–Crippen LogP) is 3.07. The Bertz CT molecular complexity index is 314. The van der Waals surface area contributed by atoms with Crippen molar-refractivity contribution in [1.29, 1.82) is 0 Å². The smallest absolute Gasteiger partial charge is 0.303 e. The number of hydrogen-bond acceptors (Lipinski definition) is 2. The van der Waals surface area contributed by atoms with E-state index in [1.807, 2.05) is 30.3 Å². The molecule has 0 N–H and O–H groups in total. The molecule has 0 saturated carbocycles. The molecule has 0 aliphatic rings. The van der Waals surface area contributed by atoms with Crippen LogP contribution < -0.4 is 0 Å². The summed E-state index contributed by atoms with van der Waals surface area (Å²) in [4.78, 5) is 11.4. The summed E-state index contributed by atoms with van der Waals surface area (Å²) in [5.41, 5.74) is 1.04. The highest BCUT2D eigenvalue weighted by atomic mass is 28.3. The van der Waals surface area contributed by atoms with E-state index < -0.39 is 8.07 Å². The Hall–Kier alpha value is -1.09. The van der Waals surface area contributed by atoms with Gasteiger partial charge in [-0.2, -0.15) is 0 Å². The minimum Gasteiger partial charge on any atom is -0.461 e. The molecule has 0 bridgehead atoms. The third-order valence-corrected chi connectivity index (χ3v) is 3.27. The topological polar surface area (TPSA) is 26.3 Å². The number of benzene rings is 1. The Labute approximate surface area is 92.3 Å². The fourth-order valence-electron chi connectivity index (χ4n) is 1.22. The van der Waals surface area contributed by atoms with Gasteiger partial charge in [0.15, 0.2) is 0 Å². The minimum atomic E-state index is -1.33. The summed E-state index contributed by atoms with van der Waals surface area (Å²) in [7, 11) is -1.33. The number of rotatable bonds is 4. The van der Waals surface area contributed by atoms with Crippen LogP contribution >= 0.6 is 0 Å². The fourth-order valence-corrected chi connectivity index (χ4v) is 2.19. The van der Waals surface area contributed by atoms with Crippen molar-refractivity contribution < 1.29 is 9.53 Å². The van der Waals surface area contributed by atoms with Gasteiger partial charge in [0.2, 0.25) is 0 Å². The van der Waals surface area contributed by atoms with Crippen LogP contribution in [0, 0.1) is 0 Å². The van der Waals surface area contributed by atoms with E-state index in [4.69, 9.17) is 4.74 Å². The van der Waals surface area contributed by atoms with Crippen LogP contribution in [0.1, 0.15) is 5.56 Å². The monoisotopic (exact) mass is 222 g/mol. The molecule has 3 heteroatoms. The van der Waals surface area contributed by atoms with E-state index in [0.717, 1.165) is 5.56 Å². The quantitative estimate of drug-likeness (QED) is 0.578. The Balaban J connectivity index is 2.35. The third-order valence-electron chi connectivity index (χ3n) is 1.92. The van der Waals surface area contributed by atoms with Gasteiger partial charge in [-0.3, -0.25) is 4.79 Å². The lowest BCUT2D eigenvalue weighted by Gasteiger charge is -2.14. The predicted molar refractivity (Wildman–Crippen MR) is 64.4 cm³/mol. The van der Waals surface area contributed by atoms with Crippen molar-refractivity contribution in [1.82, 2.24) is 0 Å². The molecule has 0 spiro atoms. The highest BCUT2D eigenvalue weighted by molar-refractivity contribution is 6.78. The van der Waals surface area contributed by atoms with E-state index in [9.17, 15) is 4.79 Å². The third kappa shape index (κ3) is 5.37. The number of hydrogen-bond donors (Lipinski definition) is 0. The van der Waals surface area contributed by atoms with Crippen molar-refractivity contribution in [2.24, 2.45) is 0 Å². The molecule has 0 aromatic heterocycles. The van der Waals surface area contributed by atoms with E-state index in [1.54, 1.807) is 0 Å². The van der Waals surface area contributed by atoms with Crippen molar-refractivity contribution in [3.63, 3.8) is 0 Å². The molecular weight excluding hydrogens is 204 g/mol. The second-order valence-corrected chi connectivity index (χ2v) is 10.4. The lowest BCUT2D eigenvalue weighted by Crippen LogP contribution is -2.25.